The van der Waals surface area contributed by atoms with Gasteiger partial charge in [0.15, 0.2) is 6.23 Å². The Morgan fingerprint density at radius 2 is 1.93 bits per heavy atom. The quantitative estimate of drug-likeness (QED) is 0.709. The van der Waals surface area contributed by atoms with Crippen LogP contribution in [0.2, 0.25) is 0 Å². The summed E-state index contributed by atoms with van der Waals surface area (Å²) in [7, 11) is -0.492. The van der Waals surface area contributed by atoms with Gasteiger partial charge in [-0.05, 0) is 77.0 Å². The molecule has 3 unspecified atom stereocenters. The zero-order valence-electron chi connectivity index (χ0n) is 19.0. The second-order valence-electron chi connectivity index (χ2n) is 9.94. The van der Waals surface area contributed by atoms with Crippen LogP contribution in [0.25, 0.3) is 10.9 Å². The molecular weight excluding hydrogens is 379 g/mol. The fourth-order valence-corrected chi connectivity index (χ4v) is 5.66. The van der Waals surface area contributed by atoms with Crippen LogP contribution in [0.1, 0.15) is 67.0 Å². The maximum atomic E-state index is 6.64. The van der Waals surface area contributed by atoms with E-state index < -0.39 is 7.12 Å². The molecule has 2 aliphatic heterocycles. The molecule has 162 valence electrons. The Balaban J connectivity index is 1.58. The first kappa shape index (κ1) is 20.3. The van der Waals surface area contributed by atoms with Crippen molar-refractivity contribution in [3.63, 3.8) is 0 Å². The van der Waals surface area contributed by atoms with E-state index in [4.69, 9.17) is 23.9 Å². The number of ether oxygens (including phenoxy) is 2. The lowest BCUT2D eigenvalue weighted by atomic mass is 9.82. The van der Waals surface area contributed by atoms with Crippen LogP contribution >= 0.6 is 0 Å². The zero-order chi connectivity index (χ0) is 21.3. The average Bonchev–Trinajstić information content (AvgIpc) is 3.02. The lowest BCUT2D eigenvalue weighted by Crippen LogP contribution is -2.38. The third kappa shape index (κ3) is 2.93. The van der Waals surface area contributed by atoms with E-state index in [1.807, 2.05) is 24.6 Å². The molecule has 4 atom stereocenters. The van der Waals surface area contributed by atoms with Crippen molar-refractivity contribution < 1.29 is 18.8 Å². The summed E-state index contributed by atoms with van der Waals surface area (Å²) in [6.07, 6.45) is 3.29. The Morgan fingerprint density at radius 3 is 2.53 bits per heavy atom. The van der Waals surface area contributed by atoms with Gasteiger partial charge in [-0.25, -0.2) is 4.68 Å². The lowest BCUT2D eigenvalue weighted by molar-refractivity contribution is -0.0364. The molecule has 30 heavy (non-hydrogen) atoms. The highest BCUT2D eigenvalue weighted by Crippen LogP contribution is 2.63. The minimum atomic E-state index is -0.492. The Morgan fingerprint density at radius 1 is 1.17 bits per heavy atom. The fraction of sp³-hybridized carbons (Fsp3) is 0.696. The molecular formula is C23H33BN2O4. The molecule has 1 aromatic carbocycles. The van der Waals surface area contributed by atoms with Crippen LogP contribution in [0, 0.1) is 11.8 Å². The highest BCUT2D eigenvalue weighted by Gasteiger charge is 2.74. The van der Waals surface area contributed by atoms with Gasteiger partial charge in [0, 0.05) is 12.0 Å². The molecule has 3 fully saturated rings. The minimum Gasteiger partial charge on any atom is -0.491 e. The molecule has 5 rings (SSSR count). The number of benzene rings is 1. The molecule has 1 spiro atoms. The molecule has 0 amide bonds. The summed E-state index contributed by atoms with van der Waals surface area (Å²) in [6.45, 7) is 13.6. The number of nitrogens with zero attached hydrogens (tertiary/aromatic N) is 2. The Bertz CT molecular complexity index is 942. The normalized spacial score (nSPS) is 33.0. The van der Waals surface area contributed by atoms with E-state index in [1.165, 1.54) is 0 Å². The summed E-state index contributed by atoms with van der Waals surface area (Å²) in [5.41, 5.74) is 1.25. The number of hydrogen-bond acceptors (Lipinski definition) is 5. The van der Waals surface area contributed by atoms with Crippen LogP contribution in [0.5, 0.6) is 5.75 Å². The minimum absolute atomic E-state index is 0.0472. The van der Waals surface area contributed by atoms with Gasteiger partial charge >= 0.3 is 7.12 Å². The van der Waals surface area contributed by atoms with Crippen molar-refractivity contribution in [2.24, 2.45) is 11.8 Å². The fourth-order valence-electron chi connectivity index (χ4n) is 5.66. The number of fused-ring (bicyclic) bond motifs is 1. The predicted octanol–water partition coefficient (Wildman–Crippen LogP) is 4.07. The van der Waals surface area contributed by atoms with E-state index in [0.717, 1.165) is 48.1 Å². The molecule has 3 heterocycles. The van der Waals surface area contributed by atoms with Crippen molar-refractivity contribution in [3.8, 4) is 5.75 Å². The topological polar surface area (TPSA) is 54.7 Å². The van der Waals surface area contributed by atoms with E-state index in [-0.39, 0.29) is 23.5 Å². The van der Waals surface area contributed by atoms with Gasteiger partial charge in [0.05, 0.1) is 22.8 Å². The molecule has 2 aromatic rings. The summed E-state index contributed by atoms with van der Waals surface area (Å²) in [6, 6.07) is 6.17. The van der Waals surface area contributed by atoms with Gasteiger partial charge in [-0.2, -0.15) is 5.10 Å². The SMILES string of the molecule is CC(C)Oc1ccc2c(c1)c(B1OC(C)(C)C3(O1)C(C)[C@@H]3C)nn2C1CCCCO1. The first-order chi connectivity index (χ1) is 14.2. The Hall–Kier alpha value is -1.57. The summed E-state index contributed by atoms with van der Waals surface area (Å²) >= 11 is 0. The predicted molar refractivity (Wildman–Crippen MR) is 117 cm³/mol. The van der Waals surface area contributed by atoms with Crippen molar-refractivity contribution >= 4 is 23.6 Å². The van der Waals surface area contributed by atoms with Crippen molar-refractivity contribution in [3.05, 3.63) is 18.2 Å². The summed E-state index contributed by atoms with van der Waals surface area (Å²) in [5, 5.41) is 6.03. The van der Waals surface area contributed by atoms with Gasteiger partial charge in [-0.3, -0.25) is 0 Å². The third-order valence-corrected chi connectivity index (χ3v) is 7.37. The lowest BCUT2D eigenvalue weighted by Gasteiger charge is -2.26. The van der Waals surface area contributed by atoms with Crippen LogP contribution in [0.4, 0.5) is 0 Å². The van der Waals surface area contributed by atoms with Crippen LogP contribution < -0.4 is 10.3 Å². The van der Waals surface area contributed by atoms with E-state index in [0.29, 0.717) is 11.8 Å². The van der Waals surface area contributed by atoms with Gasteiger partial charge in [0.25, 0.3) is 0 Å². The maximum Gasteiger partial charge on any atom is 0.517 e. The van der Waals surface area contributed by atoms with E-state index in [9.17, 15) is 0 Å². The highest BCUT2D eigenvalue weighted by atomic mass is 16.7. The summed E-state index contributed by atoms with van der Waals surface area (Å²) < 4.78 is 27.2. The van der Waals surface area contributed by atoms with Gasteiger partial charge in [0.1, 0.15) is 11.3 Å². The molecule has 0 bridgehead atoms. The molecule has 2 saturated heterocycles. The Kier molecular flexibility index (Phi) is 4.73. The largest absolute Gasteiger partial charge is 0.517 e. The standard InChI is InChI=1S/C23H33BN2O4/c1-14(2)28-17-10-11-19-18(13-17)21(25-26(19)20-9-7-8-12-27-20)24-29-22(5,6)23(30-24)15(3)16(23)4/h10-11,13-16,20H,7-9,12H2,1-6H3/t15-,16?,20?,23?/m0/s1. The monoisotopic (exact) mass is 412 g/mol. The highest BCUT2D eigenvalue weighted by molar-refractivity contribution is 6.64. The van der Waals surface area contributed by atoms with Crippen LogP contribution in [0.15, 0.2) is 18.2 Å². The first-order valence-electron chi connectivity index (χ1n) is 11.4. The van der Waals surface area contributed by atoms with Gasteiger partial charge in [-0.1, -0.05) is 13.8 Å². The van der Waals surface area contributed by atoms with Crippen molar-refractivity contribution in [2.75, 3.05) is 6.61 Å². The molecule has 0 N–H and O–H groups in total. The molecule has 0 radical (unpaired) electrons. The molecule has 1 aliphatic carbocycles. The zero-order valence-corrected chi connectivity index (χ0v) is 19.0. The molecule has 3 aliphatic rings. The van der Waals surface area contributed by atoms with E-state index >= 15 is 0 Å². The van der Waals surface area contributed by atoms with Crippen LogP contribution in [-0.2, 0) is 14.0 Å². The van der Waals surface area contributed by atoms with Crippen molar-refractivity contribution in [1.82, 2.24) is 9.78 Å². The maximum absolute atomic E-state index is 6.64. The summed E-state index contributed by atoms with van der Waals surface area (Å²) in [4.78, 5) is 0. The second kappa shape index (κ2) is 6.97. The number of rotatable bonds is 4. The van der Waals surface area contributed by atoms with Crippen molar-refractivity contribution in [2.45, 2.75) is 84.3 Å². The first-order valence-corrected chi connectivity index (χ1v) is 11.4. The average molecular weight is 412 g/mol. The number of hydrogen-bond donors (Lipinski definition) is 0. The smallest absolute Gasteiger partial charge is 0.491 e. The summed E-state index contributed by atoms with van der Waals surface area (Å²) in [5.74, 6) is 1.77. The van der Waals surface area contributed by atoms with E-state index in [2.05, 4.69) is 39.8 Å². The Labute approximate surface area is 179 Å². The molecule has 1 saturated carbocycles. The molecule has 7 heteroatoms. The second-order valence-corrected chi connectivity index (χ2v) is 9.94. The molecule has 6 nitrogen and oxygen atoms in total. The van der Waals surface area contributed by atoms with E-state index in [1.54, 1.807) is 0 Å². The van der Waals surface area contributed by atoms with Gasteiger partial charge in [-0.15, -0.1) is 0 Å². The van der Waals surface area contributed by atoms with Crippen molar-refractivity contribution in [1.29, 1.82) is 0 Å². The van der Waals surface area contributed by atoms with Crippen LogP contribution in [-0.4, -0.2) is 40.8 Å². The van der Waals surface area contributed by atoms with Gasteiger partial charge in [0.2, 0.25) is 0 Å². The third-order valence-electron chi connectivity index (χ3n) is 7.37. The number of aromatic nitrogens is 2. The van der Waals surface area contributed by atoms with Crippen LogP contribution in [0.3, 0.4) is 0 Å². The van der Waals surface area contributed by atoms with Gasteiger partial charge < -0.3 is 18.8 Å². The molecule has 1 aromatic heterocycles.